The highest BCUT2D eigenvalue weighted by Crippen LogP contribution is 2.16. The minimum atomic E-state index is 0.0880. The summed E-state index contributed by atoms with van der Waals surface area (Å²) in [7, 11) is 0. The number of phenols is 6. The molecule has 0 unspecified atom stereocenters. The lowest BCUT2D eigenvalue weighted by Crippen LogP contribution is -1.61. The molecular weight excluding hydrogens is 436 g/mol. The van der Waals surface area contributed by atoms with Crippen molar-refractivity contribution < 1.29 is 35.4 Å². The smallest absolute Gasteiger partial charge is 0.119 e. The first-order valence-corrected chi connectivity index (χ1v) is 10.9. The van der Waals surface area contributed by atoms with Gasteiger partial charge >= 0.3 is 0 Å². The monoisotopic (exact) mass is 478 g/mol. The molecule has 3 aromatic carbocycles. The molecule has 0 aliphatic heterocycles. The fourth-order valence-corrected chi connectivity index (χ4v) is 1.48. The number of benzene rings is 3. The molecule has 0 heterocycles. The molecule has 0 amide bonds. The highest BCUT2D eigenvalue weighted by Gasteiger charge is 1.87. The van der Waals surface area contributed by atoms with Crippen LogP contribution in [0.2, 0.25) is 0 Å². The summed E-state index contributed by atoms with van der Waals surface area (Å²) in [5.41, 5.74) is 0. The Balaban J connectivity index is -0.000000167. The average molecular weight is 479 g/mol. The van der Waals surface area contributed by atoms with E-state index in [4.69, 9.17) is 35.4 Å². The number of carbonyl (C=O) groups is 1. The Bertz CT molecular complexity index is 651. The van der Waals surface area contributed by atoms with Crippen molar-refractivity contribution in [1.82, 2.24) is 0 Å². The molecule has 0 aromatic heterocycles. The lowest BCUT2D eigenvalue weighted by molar-refractivity contribution is -0.0980. The molecule has 6 N–H and O–H groups in total. The Morgan fingerprint density at radius 3 is 0.647 bits per heavy atom. The van der Waals surface area contributed by atoms with Crippen molar-refractivity contribution in [2.75, 3.05) is 0 Å². The molecule has 0 aliphatic rings. The van der Waals surface area contributed by atoms with E-state index in [9.17, 15) is 0 Å². The van der Waals surface area contributed by atoms with E-state index in [2.05, 4.69) is 27.7 Å². The number of phenolic OH excluding ortho intramolecular Hbond substituents is 6. The third kappa shape index (κ3) is 30.3. The third-order valence-corrected chi connectivity index (χ3v) is 2.49. The van der Waals surface area contributed by atoms with Crippen LogP contribution in [-0.4, -0.2) is 37.4 Å². The van der Waals surface area contributed by atoms with Crippen LogP contribution < -0.4 is 0 Å². The standard InChI is InChI=1S/3C6H6O2.2C3H8.C2H6.CH2O/c3*7-5-2-1-3-6(8)4-5;2*1-3-2;2*1-2/h3*1-4,7-8H;2*3H2,1-2H3;1-2H3;1H2. The van der Waals surface area contributed by atoms with Gasteiger partial charge in [0.25, 0.3) is 0 Å². The van der Waals surface area contributed by atoms with E-state index in [1.807, 2.05) is 20.6 Å². The van der Waals surface area contributed by atoms with Crippen LogP contribution in [-0.2, 0) is 4.79 Å². The molecular formula is C27H42O7. The second-order valence-corrected chi connectivity index (χ2v) is 5.97. The number of carbonyl (C=O) groups excluding carboxylic acids is 1. The van der Waals surface area contributed by atoms with Crippen LogP contribution in [0.5, 0.6) is 34.5 Å². The molecule has 3 rings (SSSR count). The van der Waals surface area contributed by atoms with Crippen LogP contribution in [0.1, 0.15) is 54.4 Å². The minimum absolute atomic E-state index is 0.0880. The largest absolute Gasteiger partial charge is 0.508 e. The summed E-state index contributed by atoms with van der Waals surface area (Å²) in [5.74, 6) is 0.528. The molecule has 0 spiro atoms. The molecule has 0 fully saturated rings. The summed E-state index contributed by atoms with van der Waals surface area (Å²) < 4.78 is 0. The van der Waals surface area contributed by atoms with Gasteiger partial charge in [0.1, 0.15) is 41.3 Å². The average Bonchev–Trinajstić information content (AvgIpc) is 2.78. The predicted molar refractivity (Wildman–Crippen MR) is 140 cm³/mol. The number of aromatic hydroxyl groups is 6. The maximum absolute atomic E-state index is 8.65. The predicted octanol–water partition coefficient (Wildman–Crippen LogP) is 6.97. The van der Waals surface area contributed by atoms with E-state index >= 15 is 0 Å². The Morgan fingerprint density at radius 2 is 0.588 bits per heavy atom. The van der Waals surface area contributed by atoms with E-state index in [0.29, 0.717) is 0 Å². The van der Waals surface area contributed by atoms with Crippen LogP contribution in [0.4, 0.5) is 0 Å². The van der Waals surface area contributed by atoms with E-state index in [0.717, 1.165) is 0 Å². The Labute approximate surface area is 204 Å². The molecule has 0 radical (unpaired) electrons. The number of hydrogen-bond donors (Lipinski definition) is 6. The molecule has 7 nitrogen and oxygen atoms in total. The number of hydrogen-bond acceptors (Lipinski definition) is 7. The van der Waals surface area contributed by atoms with Gasteiger partial charge < -0.3 is 35.4 Å². The number of rotatable bonds is 0. The quantitative estimate of drug-likeness (QED) is 0.205. The molecule has 0 aliphatic carbocycles. The van der Waals surface area contributed by atoms with Crippen molar-refractivity contribution in [1.29, 1.82) is 0 Å². The van der Waals surface area contributed by atoms with E-state index in [1.165, 1.54) is 67.4 Å². The first kappa shape index (κ1) is 37.4. The van der Waals surface area contributed by atoms with Crippen molar-refractivity contribution >= 4 is 6.79 Å². The second-order valence-electron chi connectivity index (χ2n) is 5.97. The topological polar surface area (TPSA) is 138 Å². The van der Waals surface area contributed by atoms with Crippen molar-refractivity contribution in [2.45, 2.75) is 54.4 Å². The van der Waals surface area contributed by atoms with Gasteiger partial charge in [-0.05, 0) is 36.4 Å². The molecule has 0 saturated heterocycles. The van der Waals surface area contributed by atoms with Crippen LogP contribution in [0.15, 0.2) is 72.8 Å². The van der Waals surface area contributed by atoms with Gasteiger partial charge in [-0.15, -0.1) is 0 Å². The SMILES string of the molecule is C=O.CC.CCC.CCC.Oc1cccc(O)c1.Oc1cccc(O)c1.Oc1cccc(O)c1. The highest BCUT2D eigenvalue weighted by molar-refractivity contribution is 5.31. The summed E-state index contributed by atoms with van der Waals surface area (Å²) in [5, 5.41) is 51.9. The zero-order valence-electron chi connectivity index (χ0n) is 21.1. The fourth-order valence-electron chi connectivity index (χ4n) is 1.48. The summed E-state index contributed by atoms with van der Waals surface area (Å²) in [4.78, 5) is 8.00. The molecule has 192 valence electrons. The third-order valence-electron chi connectivity index (χ3n) is 2.49. The molecule has 7 heteroatoms. The molecule has 0 atom stereocenters. The van der Waals surface area contributed by atoms with Gasteiger partial charge in [0, 0.05) is 18.2 Å². The van der Waals surface area contributed by atoms with Gasteiger partial charge in [-0.3, -0.25) is 0 Å². The second kappa shape index (κ2) is 29.1. The first-order valence-electron chi connectivity index (χ1n) is 10.9. The Kier molecular flexibility index (Phi) is 32.1. The van der Waals surface area contributed by atoms with Crippen LogP contribution >= 0.6 is 0 Å². The highest BCUT2D eigenvalue weighted by atomic mass is 16.3. The molecule has 34 heavy (non-hydrogen) atoms. The van der Waals surface area contributed by atoms with Gasteiger partial charge in [0.05, 0.1) is 0 Å². The molecule has 0 bridgehead atoms. The zero-order valence-corrected chi connectivity index (χ0v) is 21.1. The van der Waals surface area contributed by atoms with Gasteiger partial charge in [0.2, 0.25) is 0 Å². The summed E-state index contributed by atoms with van der Waals surface area (Å²) in [6.07, 6.45) is 2.50. The maximum atomic E-state index is 8.65. The van der Waals surface area contributed by atoms with E-state index in [-0.39, 0.29) is 34.5 Å². The maximum Gasteiger partial charge on any atom is 0.119 e. The minimum Gasteiger partial charge on any atom is -0.508 e. The Morgan fingerprint density at radius 1 is 0.471 bits per heavy atom. The lowest BCUT2D eigenvalue weighted by Gasteiger charge is -1.89. The van der Waals surface area contributed by atoms with Crippen LogP contribution in [0.3, 0.4) is 0 Å². The van der Waals surface area contributed by atoms with Crippen molar-refractivity contribution in [3.8, 4) is 34.5 Å². The van der Waals surface area contributed by atoms with Crippen molar-refractivity contribution in [3.63, 3.8) is 0 Å². The van der Waals surface area contributed by atoms with E-state index < -0.39 is 0 Å². The molecule has 0 saturated carbocycles. The fraction of sp³-hybridized carbons (Fsp3) is 0.296. The lowest BCUT2D eigenvalue weighted by atomic mass is 10.3. The normalized spacial score (nSPS) is 7.71. The first-order chi connectivity index (χ1) is 16.2. The van der Waals surface area contributed by atoms with Gasteiger partial charge in [-0.1, -0.05) is 72.6 Å². The summed E-state index contributed by atoms with van der Waals surface area (Å²) in [6.45, 7) is 14.5. The van der Waals surface area contributed by atoms with Crippen LogP contribution in [0, 0.1) is 0 Å². The molecule has 3 aromatic rings. The van der Waals surface area contributed by atoms with Crippen molar-refractivity contribution in [3.05, 3.63) is 72.8 Å². The van der Waals surface area contributed by atoms with Crippen LogP contribution in [0.25, 0.3) is 0 Å². The summed E-state index contributed by atoms with van der Waals surface area (Å²) >= 11 is 0. The van der Waals surface area contributed by atoms with Gasteiger partial charge in [-0.2, -0.15) is 0 Å². The Hall–Kier alpha value is -3.87. The van der Waals surface area contributed by atoms with Gasteiger partial charge in [-0.25, -0.2) is 0 Å². The zero-order chi connectivity index (χ0) is 27.4. The van der Waals surface area contributed by atoms with E-state index in [1.54, 1.807) is 18.2 Å². The van der Waals surface area contributed by atoms with Gasteiger partial charge in [0.15, 0.2) is 0 Å². The van der Waals surface area contributed by atoms with Crippen molar-refractivity contribution in [2.24, 2.45) is 0 Å². The summed E-state index contributed by atoms with van der Waals surface area (Å²) in [6, 6.07) is 17.6.